The lowest BCUT2D eigenvalue weighted by Gasteiger charge is -2.27. The first-order chi connectivity index (χ1) is 8.81. The summed E-state index contributed by atoms with van der Waals surface area (Å²) < 4.78 is 0. The van der Waals surface area contributed by atoms with Crippen LogP contribution >= 0.6 is 0 Å². The molecule has 3 heteroatoms. The summed E-state index contributed by atoms with van der Waals surface area (Å²) in [4.78, 5) is 0. The van der Waals surface area contributed by atoms with Crippen LogP contribution in [0.1, 0.15) is 46.2 Å². The van der Waals surface area contributed by atoms with Gasteiger partial charge in [0.1, 0.15) is 11.5 Å². The fraction of sp³-hybridized carbons (Fsp3) is 0.625. The molecular formula is C16H27NO2. The molecule has 0 saturated heterocycles. The number of nitrogens with one attached hydrogen (secondary N) is 1. The van der Waals surface area contributed by atoms with Gasteiger partial charge >= 0.3 is 0 Å². The largest absolute Gasteiger partial charge is 0.508 e. The van der Waals surface area contributed by atoms with Gasteiger partial charge < -0.3 is 15.5 Å². The van der Waals surface area contributed by atoms with E-state index in [1.54, 1.807) is 12.1 Å². The van der Waals surface area contributed by atoms with Crippen molar-refractivity contribution in [1.82, 2.24) is 5.32 Å². The molecule has 1 unspecified atom stereocenters. The number of benzene rings is 1. The predicted octanol–water partition coefficient (Wildman–Crippen LogP) is 3.68. The summed E-state index contributed by atoms with van der Waals surface area (Å²) >= 11 is 0. The summed E-state index contributed by atoms with van der Waals surface area (Å²) in [5.41, 5.74) is 0.906. The number of hydrogen-bond acceptors (Lipinski definition) is 3. The van der Waals surface area contributed by atoms with Crippen LogP contribution in [0.25, 0.3) is 0 Å². The van der Waals surface area contributed by atoms with Gasteiger partial charge in [-0.05, 0) is 48.9 Å². The van der Waals surface area contributed by atoms with Gasteiger partial charge in [0.15, 0.2) is 0 Å². The van der Waals surface area contributed by atoms with Crippen molar-refractivity contribution in [3.63, 3.8) is 0 Å². The molecule has 1 aromatic rings. The molecule has 1 aromatic carbocycles. The maximum absolute atomic E-state index is 9.51. The fourth-order valence-corrected chi connectivity index (χ4v) is 2.54. The molecule has 0 aliphatic rings. The third-order valence-corrected chi connectivity index (χ3v) is 3.80. The van der Waals surface area contributed by atoms with Crippen LogP contribution in [0.4, 0.5) is 0 Å². The molecule has 1 atom stereocenters. The van der Waals surface area contributed by atoms with Gasteiger partial charge in [0.25, 0.3) is 0 Å². The minimum absolute atomic E-state index is 0.105. The molecule has 0 radical (unpaired) electrons. The van der Waals surface area contributed by atoms with Gasteiger partial charge in [0, 0.05) is 12.1 Å². The van der Waals surface area contributed by atoms with Crippen LogP contribution in [0.3, 0.4) is 0 Å². The minimum Gasteiger partial charge on any atom is -0.508 e. The Morgan fingerprint density at radius 3 is 1.79 bits per heavy atom. The third-order valence-electron chi connectivity index (χ3n) is 3.80. The highest BCUT2D eigenvalue weighted by atomic mass is 16.3. The zero-order valence-electron chi connectivity index (χ0n) is 12.6. The molecule has 0 spiro atoms. The number of phenolic OH excluding ortho intramolecular Hbond substituents is 2. The van der Waals surface area contributed by atoms with E-state index in [4.69, 9.17) is 0 Å². The van der Waals surface area contributed by atoms with Crippen LogP contribution in [0.15, 0.2) is 18.2 Å². The SMILES string of the molecule is CC(NCC(C(C)C)C(C)C)c1cc(O)cc(O)c1. The standard InChI is InChI=1S/C16H27NO2/c1-10(2)16(11(3)4)9-17-12(5)13-6-14(18)8-15(19)7-13/h6-8,10-12,16-19H,9H2,1-5H3. The van der Waals surface area contributed by atoms with Crippen molar-refractivity contribution >= 4 is 0 Å². The maximum Gasteiger partial charge on any atom is 0.119 e. The van der Waals surface area contributed by atoms with E-state index in [0.717, 1.165) is 12.1 Å². The van der Waals surface area contributed by atoms with Crippen molar-refractivity contribution in [2.45, 2.75) is 40.7 Å². The Bertz CT molecular complexity index is 373. The van der Waals surface area contributed by atoms with E-state index in [1.807, 2.05) is 6.92 Å². The second-order valence-electron chi connectivity index (χ2n) is 6.06. The highest BCUT2D eigenvalue weighted by Crippen LogP contribution is 2.26. The van der Waals surface area contributed by atoms with Gasteiger partial charge in [-0.1, -0.05) is 27.7 Å². The van der Waals surface area contributed by atoms with Crippen molar-refractivity contribution in [2.75, 3.05) is 6.54 Å². The summed E-state index contributed by atoms with van der Waals surface area (Å²) in [6, 6.07) is 4.84. The fourth-order valence-electron chi connectivity index (χ4n) is 2.54. The van der Waals surface area contributed by atoms with E-state index < -0.39 is 0 Å². The third kappa shape index (κ3) is 4.75. The molecule has 108 valence electrons. The molecular weight excluding hydrogens is 238 g/mol. The Hall–Kier alpha value is -1.22. The Kier molecular flexibility index (Phi) is 5.67. The van der Waals surface area contributed by atoms with Crippen molar-refractivity contribution in [1.29, 1.82) is 0 Å². The van der Waals surface area contributed by atoms with Gasteiger partial charge in [-0.2, -0.15) is 0 Å². The van der Waals surface area contributed by atoms with Crippen LogP contribution in [0.2, 0.25) is 0 Å². The average Bonchev–Trinajstić information content (AvgIpc) is 2.26. The minimum atomic E-state index is 0.105. The predicted molar refractivity (Wildman–Crippen MR) is 79.4 cm³/mol. The van der Waals surface area contributed by atoms with Crippen LogP contribution < -0.4 is 5.32 Å². The Balaban J connectivity index is 2.66. The normalized spacial score (nSPS) is 13.5. The lowest BCUT2D eigenvalue weighted by atomic mass is 9.85. The molecule has 0 aliphatic carbocycles. The molecule has 0 amide bonds. The van der Waals surface area contributed by atoms with Gasteiger partial charge in [-0.15, -0.1) is 0 Å². The quantitative estimate of drug-likeness (QED) is 0.735. The van der Waals surface area contributed by atoms with Gasteiger partial charge in [-0.3, -0.25) is 0 Å². The number of rotatable bonds is 6. The molecule has 3 N–H and O–H groups in total. The monoisotopic (exact) mass is 265 g/mol. The molecule has 0 fully saturated rings. The lowest BCUT2D eigenvalue weighted by molar-refractivity contribution is 0.268. The van der Waals surface area contributed by atoms with Crippen molar-refractivity contribution in [3.05, 3.63) is 23.8 Å². The average molecular weight is 265 g/mol. The number of aromatic hydroxyl groups is 2. The van der Waals surface area contributed by atoms with Gasteiger partial charge in [0.05, 0.1) is 0 Å². The topological polar surface area (TPSA) is 52.5 Å². The van der Waals surface area contributed by atoms with Gasteiger partial charge in [-0.25, -0.2) is 0 Å². The van der Waals surface area contributed by atoms with Crippen molar-refractivity contribution < 1.29 is 10.2 Å². The highest BCUT2D eigenvalue weighted by molar-refractivity contribution is 5.37. The summed E-state index contributed by atoms with van der Waals surface area (Å²) in [6.45, 7) is 12.0. The summed E-state index contributed by atoms with van der Waals surface area (Å²) in [7, 11) is 0. The molecule has 0 aromatic heterocycles. The van der Waals surface area contributed by atoms with E-state index in [2.05, 4.69) is 33.0 Å². The Morgan fingerprint density at radius 2 is 1.37 bits per heavy atom. The van der Waals surface area contributed by atoms with Crippen molar-refractivity contribution in [3.8, 4) is 11.5 Å². The zero-order chi connectivity index (χ0) is 14.6. The summed E-state index contributed by atoms with van der Waals surface area (Å²) in [6.07, 6.45) is 0. The molecule has 0 heterocycles. The van der Waals surface area contributed by atoms with E-state index >= 15 is 0 Å². The van der Waals surface area contributed by atoms with Crippen molar-refractivity contribution in [2.24, 2.45) is 17.8 Å². The molecule has 0 bridgehead atoms. The Labute approximate surface area is 116 Å². The van der Waals surface area contributed by atoms with Gasteiger partial charge in [0.2, 0.25) is 0 Å². The summed E-state index contributed by atoms with van der Waals surface area (Å²) in [5.74, 6) is 2.10. The molecule has 19 heavy (non-hydrogen) atoms. The molecule has 0 saturated carbocycles. The molecule has 3 nitrogen and oxygen atoms in total. The first-order valence-electron chi connectivity index (χ1n) is 7.07. The molecule has 0 aliphatic heterocycles. The zero-order valence-corrected chi connectivity index (χ0v) is 12.6. The van der Waals surface area contributed by atoms with E-state index in [0.29, 0.717) is 17.8 Å². The van der Waals surface area contributed by atoms with Crippen LogP contribution in [-0.2, 0) is 0 Å². The lowest BCUT2D eigenvalue weighted by Crippen LogP contribution is -2.31. The van der Waals surface area contributed by atoms with E-state index in [1.165, 1.54) is 6.07 Å². The first kappa shape index (κ1) is 15.8. The smallest absolute Gasteiger partial charge is 0.119 e. The summed E-state index contributed by atoms with van der Waals surface area (Å²) in [5, 5.41) is 22.5. The molecule has 1 rings (SSSR count). The second-order valence-corrected chi connectivity index (χ2v) is 6.06. The maximum atomic E-state index is 9.51. The van der Waals surface area contributed by atoms with Crippen LogP contribution in [0, 0.1) is 17.8 Å². The highest BCUT2D eigenvalue weighted by Gasteiger charge is 2.18. The number of hydrogen-bond donors (Lipinski definition) is 3. The Morgan fingerprint density at radius 1 is 0.895 bits per heavy atom. The first-order valence-corrected chi connectivity index (χ1v) is 7.07. The second kappa shape index (κ2) is 6.80. The number of phenols is 2. The van der Waals surface area contributed by atoms with E-state index in [9.17, 15) is 10.2 Å². The van der Waals surface area contributed by atoms with Crippen LogP contribution in [0.5, 0.6) is 11.5 Å². The van der Waals surface area contributed by atoms with Crippen LogP contribution in [-0.4, -0.2) is 16.8 Å². The van der Waals surface area contributed by atoms with E-state index in [-0.39, 0.29) is 17.5 Å².